The molecule has 0 aliphatic carbocycles. The second kappa shape index (κ2) is 10.2. The van der Waals surface area contributed by atoms with Crippen molar-refractivity contribution in [3.05, 3.63) is 71.7 Å². The number of nitrogens with zero attached hydrogens (tertiary/aromatic N) is 4. The third kappa shape index (κ3) is 5.09. The van der Waals surface area contributed by atoms with Crippen molar-refractivity contribution in [1.29, 1.82) is 0 Å². The van der Waals surface area contributed by atoms with E-state index in [2.05, 4.69) is 15.0 Å². The molecule has 2 aliphatic heterocycles. The summed E-state index contributed by atoms with van der Waals surface area (Å²) in [6, 6.07) is 16.8. The Morgan fingerprint density at radius 2 is 1.51 bits per heavy atom. The highest BCUT2D eigenvalue weighted by Gasteiger charge is 2.29. The van der Waals surface area contributed by atoms with Crippen LogP contribution in [0.4, 0.5) is 10.3 Å². The summed E-state index contributed by atoms with van der Waals surface area (Å²) in [5.74, 6) is 1.03. The molecule has 0 bridgehead atoms. The molecule has 3 heterocycles. The Labute approximate surface area is 205 Å². The zero-order chi connectivity index (χ0) is 24.3. The molecule has 0 unspecified atom stereocenters. The van der Waals surface area contributed by atoms with Crippen LogP contribution in [0, 0.1) is 5.82 Å². The molecule has 2 saturated heterocycles. The minimum absolute atomic E-state index is 0.259. The van der Waals surface area contributed by atoms with Crippen molar-refractivity contribution >= 4 is 11.8 Å². The molecule has 7 nitrogen and oxygen atoms in total. The summed E-state index contributed by atoms with van der Waals surface area (Å²) in [6.07, 6.45) is 0. The summed E-state index contributed by atoms with van der Waals surface area (Å²) < 4.78 is 31.8. The summed E-state index contributed by atoms with van der Waals surface area (Å²) in [5.41, 5.74) is 2.39. The predicted octanol–water partition coefficient (Wildman–Crippen LogP) is 4.46. The van der Waals surface area contributed by atoms with Crippen molar-refractivity contribution in [1.82, 2.24) is 15.0 Å². The van der Waals surface area contributed by atoms with Crippen LogP contribution >= 0.6 is 0 Å². The van der Waals surface area contributed by atoms with Gasteiger partial charge in [-0.15, -0.1) is 0 Å². The topological polar surface area (TPSA) is 63.3 Å². The lowest BCUT2D eigenvalue weighted by molar-refractivity contribution is 0.0421. The third-order valence-electron chi connectivity index (χ3n) is 6.71. The van der Waals surface area contributed by atoms with E-state index in [0.29, 0.717) is 43.6 Å². The van der Waals surface area contributed by atoms with E-state index in [9.17, 15) is 0 Å². The largest absolute Gasteiger partial charge is 0.378 e. The lowest BCUT2D eigenvalue weighted by atomic mass is 9.81. The van der Waals surface area contributed by atoms with E-state index in [4.69, 9.17) is 19.0 Å². The molecule has 0 radical (unpaired) electrons. The quantitative estimate of drug-likeness (QED) is 0.408. The fourth-order valence-electron chi connectivity index (χ4n) is 4.48. The highest BCUT2D eigenvalue weighted by molar-refractivity contribution is 5.82. The van der Waals surface area contributed by atoms with Gasteiger partial charge in [-0.3, -0.25) is 0 Å². The van der Waals surface area contributed by atoms with Gasteiger partial charge in [-0.25, -0.2) is 4.39 Å². The molecule has 5 rings (SSSR count). The van der Waals surface area contributed by atoms with Gasteiger partial charge in [-0.05, 0) is 17.2 Å². The van der Waals surface area contributed by atoms with Crippen LogP contribution in [0.15, 0.2) is 64.1 Å². The number of halogens is 1. The van der Waals surface area contributed by atoms with Crippen LogP contribution in [0.3, 0.4) is 0 Å². The SMILES string of the molecule is CC(C)(c1ccc(-c2ccccc2)c(F)c1)c1cc(N=C(N2CCOCC2)N2CCOCC2)on1. The van der Waals surface area contributed by atoms with Crippen molar-refractivity contribution in [2.75, 3.05) is 52.6 Å². The third-order valence-corrected chi connectivity index (χ3v) is 6.71. The standard InChI is InChI=1S/C27H31FN4O3/c1-27(2,21-8-9-22(23(28)18-21)20-6-4-3-5-7-20)24-19-25(35-30-24)29-26(31-10-14-33-15-11-31)32-12-16-34-17-13-32/h3-9,18-19H,10-17H2,1-2H3. The first-order chi connectivity index (χ1) is 17.0. The van der Waals surface area contributed by atoms with Crippen molar-refractivity contribution in [3.63, 3.8) is 0 Å². The monoisotopic (exact) mass is 478 g/mol. The smallest absolute Gasteiger partial charge is 0.253 e. The fourth-order valence-corrected chi connectivity index (χ4v) is 4.48. The number of aliphatic imine (C=N–C) groups is 1. The van der Waals surface area contributed by atoms with E-state index in [1.165, 1.54) is 0 Å². The summed E-state index contributed by atoms with van der Waals surface area (Å²) >= 11 is 0. The number of rotatable bonds is 4. The van der Waals surface area contributed by atoms with E-state index >= 15 is 4.39 Å². The molecule has 1 aromatic heterocycles. The van der Waals surface area contributed by atoms with Gasteiger partial charge in [0.1, 0.15) is 5.82 Å². The van der Waals surface area contributed by atoms with E-state index in [1.807, 2.05) is 62.4 Å². The first kappa shape index (κ1) is 23.5. The van der Waals surface area contributed by atoms with Gasteiger partial charge < -0.3 is 23.8 Å². The summed E-state index contributed by atoms with van der Waals surface area (Å²) in [5, 5.41) is 4.33. The molecule has 0 N–H and O–H groups in total. The van der Waals surface area contributed by atoms with Gasteiger partial charge in [0.2, 0.25) is 5.96 Å². The van der Waals surface area contributed by atoms with Crippen LogP contribution in [-0.2, 0) is 14.9 Å². The van der Waals surface area contributed by atoms with E-state index in [0.717, 1.165) is 43.3 Å². The highest BCUT2D eigenvalue weighted by Crippen LogP contribution is 2.35. The maximum atomic E-state index is 15.1. The average molecular weight is 479 g/mol. The Morgan fingerprint density at radius 1 is 0.886 bits per heavy atom. The highest BCUT2D eigenvalue weighted by atomic mass is 19.1. The van der Waals surface area contributed by atoms with Gasteiger partial charge in [-0.1, -0.05) is 61.5 Å². The van der Waals surface area contributed by atoms with Crippen LogP contribution in [0.1, 0.15) is 25.1 Å². The van der Waals surface area contributed by atoms with Gasteiger partial charge in [-0.2, -0.15) is 4.99 Å². The van der Waals surface area contributed by atoms with Gasteiger partial charge in [0, 0.05) is 43.2 Å². The maximum absolute atomic E-state index is 15.1. The molecule has 8 heteroatoms. The van der Waals surface area contributed by atoms with Crippen LogP contribution < -0.4 is 0 Å². The number of morpholine rings is 2. The second-order valence-electron chi connectivity index (χ2n) is 9.35. The number of ether oxygens (including phenoxy) is 2. The number of guanidine groups is 1. The summed E-state index contributed by atoms with van der Waals surface area (Å²) in [7, 11) is 0. The Kier molecular flexibility index (Phi) is 6.83. The predicted molar refractivity (Wildman–Crippen MR) is 132 cm³/mol. The van der Waals surface area contributed by atoms with Crippen LogP contribution in [0.25, 0.3) is 11.1 Å². The molecule has 0 atom stereocenters. The lowest BCUT2D eigenvalue weighted by Gasteiger charge is -2.37. The number of hydrogen-bond acceptors (Lipinski definition) is 5. The lowest BCUT2D eigenvalue weighted by Crippen LogP contribution is -2.52. The minimum Gasteiger partial charge on any atom is -0.378 e. The average Bonchev–Trinajstić information content (AvgIpc) is 3.38. The number of hydrogen-bond donors (Lipinski definition) is 0. The Hall–Kier alpha value is -3.23. The molecule has 35 heavy (non-hydrogen) atoms. The molecular formula is C27H31FN4O3. The molecule has 184 valence electrons. The van der Waals surface area contributed by atoms with Crippen LogP contribution in [0.2, 0.25) is 0 Å². The van der Waals surface area contributed by atoms with Gasteiger partial charge >= 0.3 is 0 Å². The van der Waals surface area contributed by atoms with Gasteiger partial charge in [0.25, 0.3) is 5.88 Å². The zero-order valence-corrected chi connectivity index (χ0v) is 20.2. The van der Waals surface area contributed by atoms with E-state index in [-0.39, 0.29) is 5.82 Å². The number of benzene rings is 2. The molecular weight excluding hydrogens is 447 g/mol. The summed E-state index contributed by atoms with van der Waals surface area (Å²) in [4.78, 5) is 9.30. The molecule has 0 amide bonds. The van der Waals surface area contributed by atoms with Crippen molar-refractivity contribution in [3.8, 4) is 11.1 Å². The Balaban J connectivity index is 1.42. The van der Waals surface area contributed by atoms with E-state index in [1.54, 1.807) is 6.07 Å². The van der Waals surface area contributed by atoms with Crippen molar-refractivity contribution in [2.24, 2.45) is 4.99 Å². The van der Waals surface area contributed by atoms with Gasteiger partial charge in [0.05, 0.1) is 32.1 Å². The Morgan fingerprint density at radius 3 is 2.11 bits per heavy atom. The Bertz CT molecular complexity index is 1150. The maximum Gasteiger partial charge on any atom is 0.253 e. The van der Waals surface area contributed by atoms with Crippen LogP contribution in [-0.4, -0.2) is 73.5 Å². The summed E-state index contributed by atoms with van der Waals surface area (Å²) in [6.45, 7) is 9.80. The molecule has 2 fully saturated rings. The van der Waals surface area contributed by atoms with E-state index < -0.39 is 5.41 Å². The van der Waals surface area contributed by atoms with Crippen molar-refractivity contribution < 1.29 is 18.4 Å². The molecule has 0 spiro atoms. The first-order valence-electron chi connectivity index (χ1n) is 12.1. The normalized spacial score (nSPS) is 16.9. The van der Waals surface area contributed by atoms with Crippen LogP contribution in [0.5, 0.6) is 0 Å². The van der Waals surface area contributed by atoms with Crippen molar-refractivity contribution in [2.45, 2.75) is 19.3 Å². The molecule has 3 aromatic rings. The number of aromatic nitrogens is 1. The minimum atomic E-state index is -0.564. The zero-order valence-electron chi connectivity index (χ0n) is 20.2. The molecule has 2 aromatic carbocycles. The first-order valence-corrected chi connectivity index (χ1v) is 12.1. The molecule has 2 aliphatic rings. The fraction of sp³-hybridized carbons (Fsp3) is 0.407. The second-order valence-corrected chi connectivity index (χ2v) is 9.35. The van der Waals surface area contributed by atoms with Gasteiger partial charge in [0.15, 0.2) is 0 Å². The molecule has 0 saturated carbocycles.